The Morgan fingerprint density at radius 2 is 1.54 bits per heavy atom. The average Bonchev–Trinajstić information content (AvgIpc) is 2.70. The normalized spacial score (nSPS) is 14.3. The molecule has 6 nitrogen and oxygen atoms in total. The van der Waals surface area contributed by atoms with Gasteiger partial charge in [0, 0.05) is 0 Å². The van der Waals surface area contributed by atoms with E-state index in [0.29, 0.717) is 39.3 Å². The van der Waals surface area contributed by atoms with E-state index in [1.807, 2.05) is 13.8 Å². The van der Waals surface area contributed by atoms with Crippen LogP contribution in [0, 0.1) is 5.92 Å². The number of rotatable bonds is 18. The third-order valence-electron chi connectivity index (χ3n) is 4.96. The largest absolute Gasteiger partial charge is 0.464 e. The van der Waals surface area contributed by atoms with Crippen LogP contribution in [0.15, 0.2) is 0 Å². The number of unbranched alkanes of at least 4 members (excludes halogenated alkanes) is 2. The molecule has 0 spiro atoms. The Bertz CT molecular complexity index is 412. The van der Waals surface area contributed by atoms with Gasteiger partial charge in [-0.05, 0) is 32.6 Å². The van der Waals surface area contributed by atoms with Gasteiger partial charge < -0.3 is 18.9 Å². The van der Waals surface area contributed by atoms with E-state index in [1.54, 1.807) is 6.92 Å². The van der Waals surface area contributed by atoms with Crippen molar-refractivity contribution in [2.45, 2.75) is 91.6 Å². The first-order valence-corrected chi connectivity index (χ1v) is 11.1. The lowest BCUT2D eigenvalue weighted by molar-refractivity contribution is -0.176. The SMILES string of the molecule is CCCCC(CC)C(=O)OCCOCCOC(CC)(CCCC)C(=O)OCC. The second-order valence-corrected chi connectivity index (χ2v) is 7.05. The Hall–Kier alpha value is -1.14. The monoisotopic (exact) mass is 402 g/mol. The van der Waals surface area contributed by atoms with Gasteiger partial charge in [0.1, 0.15) is 6.61 Å². The lowest BCUT2D eigenvalue weighted by Crippen LogP contribution is -2.43. The van der Waals surface area contributed by atoms with Crippen LogP contribution in [-0.2, 0) is 28.5 Å². The molecule has 0 aliphatic heterocycles. The predicted octanol–water partition coefficient (Wildman–Crippen LogP) is 4.68. The summed E-state index contributed by atoms with van der Waals surface area (Å²) in [5.41, 5.74) is -0.893. The molecule has 0 aromatic heterocycles. The van der Waals surface area contributed by atoms with E-state index in [1.165, 1.54) is 0 Å². The summed E-state index contributed by atoms with van der Waals surface area (Å²) >= 11 is 0. The number of ether oxygens (including phenoxy) is 4. The quantitative estimate of drug-likeness (QED) is 0.245. The molecule has 0 N–H and O–H groups in total. The zero-order valence-electron chi connectivity index (χ0n) is 18.7. The van der Waals surface area contributed by atoms with Gasteiger partial charge in [0.2, 0.25) is 0 Å². The summed E-state index contributed by atoms with van der Waals surface area (Å²) in [5.74, 6) is -0.447. The molecular formula is C22H42O6. The summed E-state index contributed by atoms with van der Waals surface area (Å²) in [7, 11) is 0. The highest BCUT2D eigenvalue weighted by atomic mass is 16.6. The maximum Gasteiger partial charge on any atom is 0.338 e. The molecule has 0 amide bonds. The van der Waals surface area contributed by atoms with Crippen LogP contribution in [0.5, 0.6) is 0 Å². The first-order chi connectivity index (χ1) is 13.5. The molecule has 0 radical (unpaired) electrons. The molecule has 2 unspecified atom stereocenters. The molecule has 2 atom stereocenters. The molecule has 0 aliphatic rings. The Morgan fingerprint density at radius 3 is 2.11 bits per heavy atom. The highest BCUT2D eigenvalue weighted by molar-refractivity contribution is 5.79. The molecule has 0 aromatic carbocycles. The number of hydrogen-bond donors (Lipinski definition) is 0. The van der Waals surface area contributed by atoms with Crippen molar-refractivity contribution in [3.05, 3.63) is 0 Å². The lowest BCUT2D eigenvalue weighted by Gasteiger charge is -2.30. The first-order valence-electron chi connectivity index (χ1n) is 11.1. The van der Waals surface area contributed by atoms with Gasteiger partial charge >= 0.3 is 11.9 Å². The van der Waals surface area contributed by atoms with Crippen molar-refractivity contribution in [1.29, 1.82) is 0 Å². The molecule has 28 heavy (non-hydrogen) atoms. The smallest absolute Gasteiger partial charge is 0.338 e. The molecular weight excluding hydrogens is 360 g/mol. The Labute approximate surface area is 171 Å². The second-order valence-electron chi connectivity index (χ2n) is 7.05. The van der Waals surface area contributed by atoms with E-state index in [2.05, 4.69) is 13.8 Å². The van der Waals surface area contributed by atoms with Crippen LogP contribution in [0.25, 0.3) is 0 Å². The van der Waals surface area contributed by atoms with E-state index < -0.39 is 5.60 Å². The van der Waals surface area contributed by atoms with Gasteiger partial charge in [-0.2, -0.15) is 0 Å². The van der Waals surface area contributed by atoms with Crippen molar-refractivity contribution >= 4 is 11.9 Å². The zero-order valence-corrected chi connectivity index (χ0v) is 18.7. The molecule has 166 valence electrons. The van der Waals surface area contributed by atoms with Crippen LogP contribution < -0.4 is 0 Å². The molecule has 0 bridgehead atoms. The first kappa shape index (κ1) is 26.9. The molecule has 0 saturated heterocycles. The number of hydrogen-bond acceptors (Lipinski definition) is 6. The van der Waals surface area contributed by atoms with Crippen molar-refractivity contribution in [3.63, 3.8) is 0 Å². The molecule has 6 heteroatoms. The van der Waals surface area contributed by atoms with Gasteiger partial charge in [-0.3, -0.25) is 4.79 Å². The molecule has 0 rings (SSSR count). The lowest BCUT2D eigenvalue weighted by atomic mass is 9.93. The summed E-state index contributed by atoms with van der Waals surface area (Å²) in [6, 6.07) is 0. The van der Waals surface area contributed by atoms with E-state index in [0.717, 1.165) is 38.5 Å². The predicted molar refractivity (Wildman–Crippen MR) is 110 cm³/mol. The average molecular weight is 403 g/mol. The van der Waals surface area contributed by atoms with Gasteiger partial charge in [0.25, 0.3) is 0 Å². The summed E-state index contributed by atoms with van der Waals surface area (Å²) in [6.45, 7) is 11.5. The highest BCUT2D eigenvalue weighted by Crippen LogP contribution is 2.25. The minimum Gasteiger partial charge on any atom is -0.464 e. The van der Waals surface area contributed by atoms with Crippen molar-refractivity contribution in [3.8, 4) is 0 Å². The van der Waals surface area contributed by atoms with E-state index in [-0.39, 0.29) is 24.5 Å². The topological polar surface area (TPSA) is 71.1 Å². The Morgan fingerprint density at radius 1 is 0.857 bits per heavy atom. The van der Waals surface area contributed by atoms with Crippen molar-refractivity contribution in [2.75, 3.05) is 33.0 Å². The van der Waals surface area contributed by atoms with E-state index in [4.69, 9.17) is 18.9 Å². The molecule has 0 fully saturated rings. The summed E-state index contributed by atoms with van der Waals surface area (Å²) < 4.78 is 21.9. The Balaban J connectivity index is 4.19. The van der Waals surface area contributed by atoms with Crippen LogP contribution in [0.3, 0.4) is 0 Å². The molecule has 0 heterocycles. The maximum absolute atomic E-state index is 12.4. The van der Waals surface area contributed by atoms with E-state index >= 15 is 0 Å². The fraction of sp³-hybridized carbons (Fsp3) is 0.909. The van der Waals surface area contributed by atoms with E-state index in [9.17, 15) is 9.59 Å². The van der Waals surface area contributed by atoms with Crippen LogP contribution in [-0.4, -0.2) is 50.6 Å². The van der Waals surface area contributed by atoms with Crippen LogP contribution in [0.2, 0.25) is 0 Å². The van der Waals surface area contributed by atoms with Gasteiger partial charge in [-0.1, -0.05) is 53.4 Å². The molecule has 0 aromatic rings. The van der Waals surface area contributed by atoms with Crippen molar-refractivity contribution in [1.82, 2.24) is 0 Å². The zero-order chi connectivity index (χ0) is 21.3. The fourth-order valence-corrected chi connectivity index (χ4v) is 3.04. The summed E-state index contributed by atoms with van der Waals surface area (Å²) in [6.07, 6.45) is 6.91. The second kappa shape index (κ2) is 16.8. The third-order valence-corrected chi connectivity index (χ3v) is 4.96. The summed E-state index contributed by atoms with van der Waals surface area (Å²) in [5, 5.41) is 0. The highest BCUT2D eigenvalue weighted by Gasteiger charge is 2.38. The van der Waals surface area contributed by atoms with Crippen molar-refractivity contribution in [2.24, 2.45) is 5.92 Å². The number of carbonyl (C=O) groups is 2. The van der Waals surface area contributed by atoms with Crippen LogP contribution >= 0.6 is 0 Å². The van der Waals surface area contributed by atoms with Gasteiger partial charge in [-0.15, -0.1) is 0 Å². The fourth-order valence-electron chi connectivity index (χ4n) is 3.04. The molecule has 0 aliphatic carbocycles. The number of carbonyl (C=O) groups excluding carboxylic acids is 2. The minimum absolute atomic E-state index is 0.0170. The van der Waals surface area contributed by atoms with Gasteiger partial charge in [0.15, 0.2) is 5.60 Å². The third kappa shape index (κ3) is 10.4. The standard InChI is InChI=1S/C22H42O6/c1-6-11-13-19(8-3)20(23)27-17-15-25-16-18-28-22(9-4,14-12-7-2)21(24)26-10-5/h19H,6-18H2,1-5H3. The summed E-state index contributed by atoms with van der Waals surface area (Å²) in [4.78, 5) is 24.4. The number of esters is 2. The minimum atomic E-state index is -0.893. The van der Waals surface area contributed by atoms with Gasteiger partial charge in [-0.25, -0.2) is 4.79 Å². The van der Waals surface area contributed by atoms with Crippen molar-refractivity contribution < 1.29 is 28.5 Å². The van der Waals surface area contributed by atoms with Gasteiger partial charge in [0.05, 0.1) is 32.3 Å². The van der Waals surface area contributed by atoms with Crippen LogP contribution in [0.1, 0.15) is 86.0 Å². The molecule has 0 saturated carbocycles. The maximum atomic E-state index is 12.4. The Kier molecular flexibility index (Phi) is 16.1. The van der Waals surface area contributed by atoms with Crippen LogP contribution in [0.4, 0.5) is 0 Å².